The summed E-state index contributed by atoms with van der Waals surface area (Å²) < 4.78 is 35.4. The van der Waals surface area contributed by atoms with E-state index in [2.05, 4.69) is 4.52 Å². The van der Waals surface area contributed by atoms with E-state index >= 15 is 0 Å². The van der Waals surface area contributed by atoms with Crippen molar-refractivity contribution in [1.29, 1.82) is 0 Å². The number of rotatable bonds is 3. The van der Waals surface area contributed by atoms with E-state index in [-0.39, 0.29) is 0 Å². The second kappa shape index (κ2) is 4.53. The molecule has 0 saturated heterocycles. The Kier molecular flexibility index (Phi) is 3.73. The van der Waals surface area contributed by atoms with Gasteiger partial charge in [-0.1, -0.05) is 0 Å². The number of hydrogen-bond donors (Lipinski definition) is 4. The predicted molar refractivity (Wildman–Crippen MR) is 56.5 cm³/mol. The molecule has 10 heteroatoms. The number of halogens is 1. The summed E-state index contributed by atoms with van der Waals surface area (Å²) in [6.07, 6.45) is 0. The van der Waals surface area contributed by atoms with Crippen LogP contribution in [0.3, 0.4) is 0 Å². The Morgan fingerprint density at radius 3 is 2.19 bits per heavy atom. The minimum atomic E-state index is -4.97. The van der Waals surface area contributed by atoms with Gasteiger partial charge in [0.25, 0.3) is 0 Å². The first-order valence-corrected chi connectivity index (χ1v) is 7.94. The van der Waals surface area contributed by atoms with Gasteiger partial charge in [-0.15, -0.1) is 0 Å². The van der Waals surface area contributed by atoms with E-state index in [1.807, 2.05) is 0 Å². The van der Waals surface area contributed by atoms with E-state index in [4.69, 9.17) is 14.9 Å². The molecule has 0 atom stereocenters. The highest BCUT2D eigenvalue weighted by Crippen LogP contribution is 2.45. The molecular formula is C6H6IO8P. The van der Waals surface area contributed by atoms with E-state index in [1.54, 1.807) is 0 Å². The van der Waals surface area contributed by atoms with Crippen molar-refractivity contribution in [2.45, 2.75) is 0 Å². The molecule has 0 saturated carbocycles. The lowest BCUT2D eigenvalue weighted by atomic mass is 10.3. The smallest absolute Gasteiger partial charge is 0.508 e. The van der Waals surface area contributed by atoms with E-state index in [9.17, 15) is 15.8 Å². The first-order valence-electron chi connectivity index (χ1n) is 3.57. The minimum absolute atomic E-state index is 0.581. The lowest BCUT2D eigenvalue weighted by molar-refractivity contribution is 0.281. The Morgan fingerprint density at radius 1 is 1.19 bits per heavy atom. The molecule has 0 fully saturated rings. The van der Waals surface area contributed by atoms with Crippen LogP contribution in [0, 0.1) is 3.57 Å². The average molecular weight is 364 g/mol. The van der Waals surface area contributed by atoms with E-state index < -0.39 is 48.4 Å². The first kappa shape index (κ1) is 13.2. The maximum absolute atomic E-state index is 10.8. The molecule has 4 N–H and O–H groups in total. The molecule has 0 heterocycles. The molecule has 0 bridgehead atoms. The second-order valence-corrected chi connectivity index (χ2v) is 6.06. The molecular weight excluding hydrogens is 358 g/mol. The zero-order valence-electron chi connectivity index (χ0n) is 7.40. The number of benzene rings is 1. The zero-order chi connectivity index (χ0) is 12.5. The molecule has 0 amide bonds. The summed E-state index contributed by atoms with van der Waals surface area (Å²) in [6.45, 7) is 0. The van der Waals surface area contributed by atoms with Gasteiger partial charge in [-0.2, -0.15) is 0 Å². The van der Waals surface area contributed by atoms with Crippen LogP contribution in [0.15, 0.2) is 12.1 Å². The highest BCUT2D eigenvalue weighted by Gasteiger charge is 2.23. The third kappa shape index (κ3) is 3.30. The van der Waals surface area contributed by atoms with Crippen molar-refractivity contribution < 1.29 is 35.2 Å². The third-order valence-electron chi connectivity index (χ3n) is 1.38. The van der Waals surface area contributed by atoms with Crippen LogP contribution in [0.2, 0.25) is 0 Å². The summed E-state index contributed by atoms with van der Waals surface area (Å²) in [4.78, 5) is 17.0. The average Bonchev–Trinajstić information content (AvgIpc) is 1.96. The molecule has 0 aliphatic heterocycles. The van der Waals surface area contributed by atoms with Gasteiger partial charge in [0.2, 0.25) is 0 Å². The van der Waals surface area contributed by atoms with Crippen molar-refractivity contribution in [3.05, 3.63) is 15.7 Å². The maximum atomic E-state index is 10.8. The Balaban J connectivity index is 3.41. The molecule has 90 valence electrons. The lowest BCUT2D eigenvalue weighted by Gasteiger charge is -2.09. The molecule has 0 spiro atoms. The van der Waals surface area contributed by atoms with Crippen molar-refractivity contribution in [2.75, 3.05) is 0 Å². The van der Waals surface area contributed by atoms with Crippen molar-refractivity contribution in [2.24, 2.45) is 0 Å². The minimum Gasteiger partial charge on any atom is -0.508 e. The standard InChI is InChI=1S/C6H6IO8P/c8-3-1-4(9)6(7(10)11)5(2-3)15-16(12,13)14/h1-2,8-9H,(H2,12,13,14). The SMILES string of the molecule is O=I(=O)c1c(O)cc(O)cc1OP(=O)(O)O. The Bertz CT molecular complexity index is 522. The first-order chi connectivity index (χ1) is 7.20. The van der Waals surface area contributed by atoms with Crippen LogP contribution in [0.5, 0.6) is 17.2 Å². The van der Waals surface area contributed by atoms with Gasteiger partial charge in [0.15, 0.2) is 9.32 Å². The quantitative estimate of drug-likeness (QED) is 0.459. The second-order valence-electron chi connectivity index (χ2n) is 2.58. The van der Waals surface area contributed by atoms with E-state index in [0.717, 1.165) is 6.07 Å². The van der Waals surface area contributed by atoms with Crippen LogP contribution in [-0.2, 0) is 10.7 Å². The predicted octanol–water partition coefficient (Wildman–Crippen LogP) is 0.936. The third-order valence-corrected chi connectivity index (χ3v) is 3.78. The summed E-state index contributed by atoms with van der Waals surface area (Å²) in [6, 6.07) is 1.41. The van der Waals surface area contributed by atoms with Gasteiger partial charge in [-0.05, 0) is 0 Å². The molecule has 0 aliphatic carbocycles. The fourth-order valence-corrected chi connectivity index (χ4v) is 2.80. The molecule has 8 nitrogen and oxygen atoms in total. The number of phosphoric acid groups is 1. The maximum Gasteiger partial charge on any atom is 0.524 e. The van der Waals surface area contributed by atoms with Crippen LogP contribution in [-0.4, -0.2) is 20.0 Å². The van der Waals surface area contributed by atoms with Gasteiger partial charge in [-0.3, -0.25) is 9.79 Å². The van der Waals surface area contributed by atoms with E-state index in [0.29, 0.717) is 6.07 Å². The normalized spacial score (nSPS) is 11.7. The fourth-order valence-electron chi connectivity index (χ4n) is 0.919. The van der Waals surface area contributed by atoms with Crippen molar-refractivity contribution >= 4 is 27.6 Å². The van der Waals surface area contributed by atoms with Crippen LogP contribution in [0.1, 0.15) is 0 Å². The number of phosphoric ester groups is 1. The van der Waals surface area contributed by atoms with Gasteiger partial charge in [0, 0.05) is 12.1 Å². The van der Waals surface area contributed by atoms with Crippen molar-refractivity contribution in [3.63, 3.8) is 0 Å². The highest BCUT2D eigenvalue weighted by atomic mass is 127. The molecule has 0 aliphatic rings. The Morgan fingerprint density at radius 2 is 1.75 bits per heavy atom. The Labute approximate surface area is 95.9 Å². The van der Waals surface area contributed by atoms with Crippen LogP contribution < -0.4 is 4.52 Å². The summed E-state index contributed by atoms with van der Waals surface area (Å²) in [5.41, 5.74) is 0. The van der Waals surface area contributed by atoms with Gasteiger partial charge >= 0.3 is 27.6 Å². The summed E-state index contributed by atoms with van der Waals surface area (Å²) >= 11 is -4.22. The van der Waals surface area contributed by atoms with Gasteiger partial charge in [-0.25, -0.2) is 10.7 Å². The van der Waals surface area contributed by atoms with Crippen LogP contribution in [0.4, 0.5) is 0 Å². The molecule has 0 aromatic heterocycles. The summed E-state index contributed by atoms with van der Waals surface area (Å²) in [5, 5.41) is 18.2. The number of phenols is 2. The monoisotopic (exact) mass is 364 g/mol. The summed E-state index contributed by atoms with van der Waals surface area (Å²) in [5.74, 6) is -2.18. The van der Waals surface area contributed by atoms with Crippen molar-refractivity contribution in [3.8, 4) is 17.2 Å². The van der Waals surface area contributed by atoms with Crippen LogP contribution >= 0.6 is 27.6 Å². The fraction of sp³-hybridized carbons (Fsp3) is 0. The van der Waals surface area contributed by atoms with Gasteiger partial charge in [0.05, 0.1) is 0 Å². The van der Waals surface area contributed by atoms with Gasteiger partial charge < -0.3 is 14.7 Å². The molecule has 1 aromatic rings. The highest BCUT2D eigenvalue weighted by molar-refractivity contribution is 14.2. The molecule has 16 heavy (non-hydrogen) atoms. The van der Waals surface area contributed by atoms with E-state index in [1.165, 1.54) is 0 Å². The molecule has 0 unspecified atom stereocenters. The summed E-state index contributed by atoms with van der Waals surface area (Å²) in [7, 11) is -4.97. The number of phenolic OH excluding ortho intramolecular Hbond substituents is 2. The number of aromatic hydroxyl groups is 2. The topological polar surface area (TPSA) is 141 Å². The Hall–Kier alpha value is -0.900. The van der Waals surface area contributed by atoms with Crippen molar-refractivity contribution in [1.82, 2.24) is 0 Å². The van der Waals surface area contributed by atoms with Gasteiger partial charge in [0.1, 0.15) is 11.5 Å². The van der Waals surface area contributed by atoms with Crippen LogP contribution in [0.25, 0.3) is 0 Å². The molecule has 0 radical (unpaired) electrons. The number of hydrogen-bond acceptors (Lipinski definition) is 6. The molecule has 1 rings (SSSR count). The largest absolute Gasteiger partial charge is 0.524 e. The molecule has 1 aromatic carbocycles. The zero-order valence-corrected chi connectivity index (χ0v) is 10.5. The lowest BCUT2D eigenvalue weighted by Crippen LogP contribution is -1.93.